The van der Waals surface area contributed by atoms with Crippen molar-refractivity contribution in [2.75, 3.05) is 0 Å². The van der Waals surface area contributed by atoms with Crippen LogP contribution in [0, 0.1) is 23.2 Å². The Morgan fingerprint density at radius 1 is 1.10 bits per heavy atom. The summed E-state index contributed by atoms with van der Waals surface area (Å²) in [6.45, 7) is 7.65. The molecule has 0 radical (unpaired) electrons. The number of carbonyl (C=O) groups excluding carboxylic acids is 3. The molecule has 2 aromatic carbocycles. The lowest BCUT2D eigenvalue weighted by Gasteiger charge is -2.39. The average molecular weight is 709 g/mol. The summed E-state index contributed by atoms with van der Waals surface area (Å²) in [6.07, 6.45) is 1.18. The number of halogens is 2. The van der Waals surface area contributed by atoms with Gasteiger partial charge in [-0.3, -0.25) is 9.59 Å². The van der Waals surface area contributed by atoms with Crippen molar-refractivity contribution < 1.29 is 23.6 Å². The fourth-order valence-electron chi connectivity index (χ4n) is 6.11. The molecule has 14 heteroatoms. The zero-order chi connectivity index (χ0) is 35.3. The summed E-state index contributed by atoms with van der Waals surface area (Å²) in [5.41, 5.74) is 1.69. The molecule has 4 aromatic rings. The van der Waals surface area contributed by atoms with Gasteiger partial charge in [-0.25, -0.2) is 4.79 Å². The summed E-state index contributed by atoms with van der Waals surface area (Å²) in [5.74, 6) is -1.55. The van der Waals surface area contributed by atoms with Crippen molar-refractivity contribution in [3.63, 3.8) is 0 Å². The number of nitrogens with zero attached hydrogens (tertiary/aromatic N) is 3. The van der Waals surface area contributed by atoms with Crippen molar-refractivity contribution in [3.8, 4) is 6.07 Å². The smallest absolute Gasteiger partial charge is 0.408 e. The number of amides is 3. The van der Waals surface area contributed by atoms with Gasteiger partial charge >= 0.3 is 6.09 Å². The van der Waals surface area contributed by atoms with Gasteiger partial charge in [0.15, 0.2) is 0 Å². The van der Waals surface area contributed by atoms with Crippen molar-refractivity contribution >= 4 is 52.0 Å². The number of ether oxygens (including phenoxy) is 1. The Hall–Kier alpha value is -4.60. The summed E-state index contributed by atoms with van der Waals surface area (Å²) >= 11 is 12.9. The average Bonchev–Trinajstić information content (AvgIpc) is 3.73. The second-order valence-corrected chi connectivity index (χ2v) is 13.5. The Labute approximate surface area is 294 Å². The molecule has 2 unspecified atom stereocenters. The number of carbonyl (C=O) groups is 3. The van der Waals surface area contributed by atoms with Crippen LogP contribution in [0.4, 0.5) is 4.79 Å². The van der Waals surface area contributed by atoms with E-state index in [9.17, 15) is 19.6 Å². The monoisotopic (exact) mass is 707 g/mol. The second kappa shape index (κ2) is 15.3. The van der Waals surface area contributed by atoms with Crippen LogP contribution in [0.1, 0.15) is 81.5 Å². The minimum Gasteiger partial charge on any atom is -0.445 e. The fraction of sp³-hybridized carbons (Fsp3) is 0.429. The molecule has 49 heavy (non-hydrogen) atoms. The minimum atomic E-state index is -1.47. The molecule has 2 heterocycles. The van der Waals surface area contributed by atoms with Crippen molar-refractivity contribution in [3.05, 3.63) is 81.0 Å². The summed E-state index contributed by atoms with van der Waals surface area (Å²) in [6, 6.07) is 12.7. The van der Waals surface area contributed by atoms with Gasteiger partial charge in [0.1, 0.15) is 30.3 Å². The highest BCUT2D eigenvalue weighted by Crippen LogP contribution is 2.39. The normalized spacial score (nSPS) is 18.0. The van der Waals surface area contributed by atoms with Crippen molar-refractivity contribution in [1.29, 1.82) is 5.26 Å². The van der Waals surface area contributed by atoms with E-state index in [0.717, 1.165) is 22.2 Å². The van der Waals surface area contributed by atoms with Crippen LogP contribution in [0.2, 0.25) is 10.0 Å². The number of hydrogen-bond donors (Lipinski definition) is 4. The van der Waals surface area contributed by atoms with Crippen LogP contribution in [0.3, 0.4) is 0 Å². The summed E-state index contributed by atoms with van der Waals surface area (Å²) in [7, 11) is 0. The van der Waals surface area contributed by atoms with Gasteiger partial charge < -0.3 is 30.2 Å². The van der Waals surface area contributed by atoms with Crippen LogP contribution in [-0.2, 0) is 33.8 Å². The number of nitriles is 1. The van der Waals surface area contributed by atoms with E-state index in [1.54, 1.807) is 12.1 Å². The number of rotatable bonds is 12. The van der Waals surface area contributed by atoms with Crippen LogP contribution in [0.15, 0.2) is 47.0 Å². The molecular weight excluding hydrogens is 669 g/mol. The lowest BCUT2D eigenvalue weighted by atomic mass is 9.78. The number of hydrogen-bond acceptors (Lipinski definition) is 8. The number of nitrogens with one attached hydrogen (secondary N) is 4. The molecule has 0 fully saturated rings. The standard InChI is InChI=1S/C35H39Cl2N7O5/c1-5-19(3)28(42-34(47)48-18-21-10-8-7-9-11-21)31(45)43-35(33(46)41-29(20(4)6-2)32-40-27(17-38)44-49-32)13-12-26-24(16-35)23-14-22(36)15-25(37)30(23)39-26/h7-11,14-15,19-20,28-29,39H,5-6,12-13,16,18H2,1-4H3,(H,41,46)(H,42,47)(H,43,45)/t19?,20?,28-,29-,35+/m0/s1. The predicted octanol–water partition coefficient (Wildman–Crippen LogP) is 6.32. The van der Waals surface area contributed by atoms with Crippen molar-refractivity contribution in [2.45, 2.75) is 84.0 Å². The van der Waals surface area contributed by atoms with E-state index in [-0.39, 0.29) is 43.0 Å². The third-order valence-electron chi connectivity index (χ3n) is 9.39. The lowest BCUT2D eigenvalue weighted by Crippen LogP contribution is -2.65. The zero-order valence-corrected chi connectivity index (χ0v) is 29.2. The van der Waals surface area contributed by atoms with Gasteiger partial charge in [0.2, 0.25) is 17.7 Å². The molecule has 0 saturated heterocycles. The van der Waals surface area contributed by atoms with E-state index in [4.69, 9.17) is 32.5 Å². The maximum atomic E-state index is 14.6. The minimum absolute atomic E-state index is 0.0303. The Kier molecular flexibility index (Phi) is 11.2. The molecule has 0 saturated carbocycles. The molecule has 3 amide bonds. The van der Waals surface area contributed by atoms with E-state index in [0.29, 0.717) is 34.8 Å². The van der Waals surface area contributed by atoms with Crippen LogP contribution in [-0.4, -0.2) is 44.6 Å². The number of aromatic nitrogens is 3. The fourth-order valence-corrected chi connectivity index (χ4v) is 6.65. The third-order valence-corrected chi connectivity index (χ3v) is 9.90. The van der Waals surface area contributed by atoms with E-state index < -0.39 is 35.5 Å². The van der Waals surface area contributed by atoms with Gasteiger partial charge in [0.05, 0.1) is 10.5 Å². The van der Waals surface area contributed by atoms with Gasteiger partial charge in [-0.15, -0.1) is 0 Å². The Morgan fingerprint density at radius 3 is 2.51 bits per heavy atom. The maximum absolute atomic E-state index is 14.6. The molecule has 5 atom stereocenters. The van der Waals surface area contributed by atoms with Crippen LogP contribution in [0.5, 0.6) is 0 Å². The van der Waals surface area contributed by atoms with Gasteiger partial charge in [-0.1, -0.05) is 94.1 Å². The number of fused-ring (bicyclic) bond motifs is 3. The molecule has 1 aliphatic rings. The Bertz CT molecular complexity index is 1870. The molecule has 12 nitrogen and oxygen atoms in total. The van der Waals surface area contributed by atoms with Gasteiger partial charge in [0.25, 0.3) is 5.82 Å². The second-order valence-electron chi connectivity index (χ2n) is 12.6. The SMILES string of the molecule is CCC(C)[C@H](NC(=O)OCc1ccccc1)C(=O)N[C@]1(C(=O)N[C@H](c2nc(C#N)no2)C(C)CC)CCc2[nH]c3c(Cl)cc(Cl)cc3c2C1. The highest BCUT2D eigenvalue weighted by molar-refractivity contribution is 6.38. The van der Waals surface area contributed by atoms with Crippen LogP contribution < -0.4 is 16.0 Å². The summed E-state index contributed by atoms with van der Waals surface area (Å²) in [4.78, 5) is 49.4. The van der Waals surface area contributed by atoms with Crippen molar-refractivity contribution in [2.24, 2.45) is 11.8 Å². The first-order chi connectivity index (χ1) is 23.5. The molecule has 0 bridgehead atoms. The maximum Gasteiger partial charge on any atom is 0.408 e. The zero-order valence-electron chi connectivity index (χ0n) is 27.7. The number of alkyl carbamates (subject to hydrolysis) is 1. The molecule has 5 rings (SSSR count). The Morgan fingerprint density at radius 2 is 1.84 bits per heavy atom. The van der Waals surface area contributed by atoms with E-state index in [2.05, 4.69) is 31.1 Å². The van der Waals surface area contributed by atoms with Gasteiger partial charge in [-0.2, -0.15) is 10.2 Å². The largest absolute Gasteiger partial charge is 0.445 e. The molecular formula is C35H39Cl2N7O5. The first kappa shape index (κ1) is 35.7. The van der Waals surface area contributed by atoms with E-state index in [1.165, 1.54) is 0 Å². The highest BCUT2D eigenvalue weighted by atomic mass is 35.5. The Balaban J connectivity index is 1.48. The van der Waals surface area contributed by atoms with E-state index >= 15 is 0 Å². The van der Waals surface area contributed by atoms with Gasteiger partial charge in [-0.05, 0) is 53.1 Å². The van der Waals surface area contributed by atoms with Crippen LogP contribution in [0.25, 0.3) is 10.9 Å². The number of H-pyrrole nitrogens is 1. The molecule has 2 aromatic heterocycles. The van der Waals surface area contributed by atoms with E-state index in [1.807, 2.05) is 64.1 Å². The molecule has 4 N–H and O–H groups in total. The number of aromatic amines is 1. The molecule has 1 aliphatic carbocycles. The van der Waals surface area contributed by atoms with Crippen molar-refractivity contribution in [1.82, 2.24) is 31.1 Å². The lowest BCUT2D eigenvalue weighted by molar-refractivity contribution is -0.136. The number of aryl methyl sites for hydroxylation is 1. The molecule has 0 spiro atoms. The highest BCUT2D eigenvalue weighted by Gasteiger charge is 2.47. The molecule has 0 aliphatic heterocycles. The first-order valence-electron chi connectivity index (χ1n) is 16.3. The molecule has 258 valence electrons. The first-order valence-corrected chi connectivity index (χ1v) is 17.1. The van der Waals surface area contributed by atoms with Crippen LogP contribution >= 0.6 is 23.2 Å². The number of benzene rings is 2. The predicted molar refractivity (Wildman–Crippen MR) is 184 cm³/mol. The van der Waals surface area contributed by atoms with Gasteiger partial charge in [0, 0.05) is 22.5 Å². The third kappa shape index (κ3) is 7.84. The quantitative estimate of drug-likeness (QED) is 0.132. The summed E-state index contributed by atoms with van der Waals surface area (Å²) in [5, 5.41) is 23.5. The topological polar surface area (TPSA) is 175 Å². The summed E-state index contributed by atoms with van der Waals surface area (Å²) < 4.78 is 10.8.